The van der Waals surface area contributed by atoms with Crippen molar-refractivity contribution < 1.29 is 9.15 Å². The van der Waals surface area contributed by atoms with Gasteiger partial charge >= 0.3 is 0 Å². The Morgan fingerprint density at radius 3 is 2.67 bits per heavy atom. The highest BCUT2D eigenvalue weighted by atomic mass is 16.5. The third kappa shape index (κ3) is 2.15. The Hall–Kier alpha value is -3.46. The molecule has 0 amide bonds. The molecule has 0 saturated carbocycles. The molecule has 0 aliphatic carbocycles. The molecule has 0 radical (unpaired) electrons. The fourth-order valence-electron chi connectivity index (χ4n) is 2.84. The molecule has 0 bridgehead atoms. The minimum absolute atomic E-state index is 0.0511. The normalized spacial score (nSPS) is 16.4. The number of nitriles is 1. The van der Waals surface area contributed by atoms with Crippen molar-refractivity contribution in [1.29, 1.82) is 5.26 Å². The molecule has 3 heterocycles. The van der Waals surface area contributed by atoms with Crippen molar-refractivity contribution in [3.8, 4) is 23.3 Å². The first-order valence-electron chi connectivity index (χ1n) is 7.46. The maximum atomic E-state index is 9.51. The van der Waals surface area contributed by atoms with E-state index in [2.05, 4.69) is 16.0 Å². The molecule has 3 N–H and O–H groups in total. The number of allylic oxidation sites excluding steroid dienone is 1. The zero-order valence-corrected chi connectivity index (χ0v) is 12.9. The maximum absolute atomic E-state index is 9.51. The van der Waals surface area contributed by atoms with Crippen LogP contribution in [-0.4, -0.2) is 9.97 Å². The number of fused-ring (bicyclic) bond motifs is 1. The summed E-state index contributed by atoms with van der Waals surface area (Å²) in [6.07, 6.45) is 0. The van der Waals surface area contributed by atoms with E-state index in [1.165, 1.54) is 0 Å². The van der Waals surface area contributed by atoms with Crippen LogP contribution in [0.25, 0.3) is 11.4 Å². The van der Waals surface area contributed by atoms with Crippen LogP contribution in [0.1, 0.15) is 23.1 Å². The average molecular weight is 318 g/mol. The van der Waals surface area contributed by atoms with Crippen LogP contribution in [0, 0.1) is 18.3 Å². The fourth-order valence-corrected chi connectivity index (χ4v) is 2.84. The van der Waals surface area contributed by atoms with Crippen molar-refractivity contribution in [1.82, 2.24) is 9.97 Å². The smallest absolute Gasteiger partial charge is 0.243 e. The number of nitrogens with one attached hydrogen (secondary N) is 1. The molecule has 24 heavy (non-hydrogen) atoms. The highest BCUT2D eigenvalue weighted by Gasteiger charge is 2.35. The number of furan rings is 1. The highest BCUT2D eigenvalue weighted by Crippen LogP contribution is 2.42. The van der Waals surface area contributed by atoms with E-state index in [9.17, 15) is 5.26 Å². The van der Waals surface area contributed by atoms with Crippen molar-refractivity contribution in [3.63, 3.8) is 0 Å². The molecule has 2 aromatic heterocycles. The van der Waals surface area contributed by atoms with Crippen molar-refractivity contribution in [2.24, 2.45) is 5.73 Å². The zero-order valence-electron chi connectivity index (χ0n) is 12.9. The molecule has 0 fully saturated rings. The largest absolute Gasteiger partial charge is 0.465 e. The number of H-pyrrole nitrogens is 1. The number of ether oxygens (including phenoxy) is 1. The molecular formula is C18H14N4O2. The van der Waals surface area contributed by atoms with Gasteiger partial charge in [-0.15, -0.1) is 0 Å². The van der Waals surface area contributed by atoms with Gasteiger partial charge in [-0.2, -0.15) is 10.2 Å². The van der Waals surface area contributed by atoms with Crippen LogP contribution in [0.2, 0.25) is 0 Å². The summed E-state index contributed by atoms with van der Waals surface area (Å²) in [6.45, 7) is 1.85. The number of benzene rings is 1. The summed E-state index contributed by atoms with van der Waals surface area (Å²) in [4.78, 5) is 7.74. The van der Waals surface area contributed by atoms with Crippen LogP contribution in [0.5, 0.6) is 5.88 Å². The number of nitrogens with zero attached hydrogens (tertiary/aromatic N) is 2. The number of rotatable bonds is 2. The molecule has 4 rings (SSSR count). The molecule has 0 unspecified atom stereocenters. The van der Waals surface area contributed by atoms with E-state index in [4.69, 9.17) is 14.9 Å². The molecule has 0 saturated heterocycles. The zero-order chi connectivity index (χ0) is 16.7. The predicted molar refractivity (Wildman–Crippen MR) is 86.8 cm³/mol. The lowest BCUT2D eigenvalue weighted by Gasteiger charge is -2.20. The molecule has 1 atom stereocenters. The lowest BCUT2D eigenvalue weighted by Crippen LogP contribution is -2.20. The van der Waals surface area contributed by atoms with Crippen LogP contribution < -0.4 is 10.5 Å². The number of aromatic nitrogens is 2. The molecular weight excluding hydrogens is 304 g/mol. The van der Waals surface area contributed by atoms with Crippen LogP contribution in [-0.2, 0) is 0 Å². The SMILES string of the molecule is Cc1ccc([C@@H]2C(C#N)=C(N)Oc3nc(-c4ccccc4)[nH]c32)o1. The summed E-state index contributed by atoms with van der Waals surface area (Å²) < 4.78 is 11.3. The second-order valence-corrected chi connectivity index (χ2v) is 5.54. The van der Waals surface area contributed by atoms with Crippen LogP contribution in [0.4, 0.5) is 0 Å². The maximum Gasteiger partial charge on any atom is 0.243 e. The number of hydrogen-bond acceptors (Lipinski definition) is 5. The van der Waals surface area contributed by atoms with Gasteiger partial charge in [-0.3, -0.25) is 0 Å². The lowest BCUT2D eigenvalue weighted by molar-refractivity contribution is 0.369. The Balaban J connectivity index is 1.87. The first kappa shape index (κ1) is 14.2. The van der Waals surface area contributed by atoms with Gasteiger partial charge in [-0.1, -0.05) is 30.3 Å². The number of aromatic amines is 1. The minimum Gasteiger partial charge on any atom is -0.465 e. The summed E-state index contributed by atoms with van der Waals surface area (Å²) in [5.74, 6) is 1.99. The molecule has 6 nitrogen and oxygen atoms in total. The van der Waals surface area contributed by atoms with E-state index in [0.717, 1.165) is 11.3 Å². The van der Waals surface area contributed by atoms with Gasteiger partial charge in [0.25, 0.3) is 0 Å². The van der Waals surface area contributed by atoms with E-state index in [-0.39, 0.29) is 5.88 Å². The van der Waals surface area contributed by atoms with Gasteiger partial charge < -0.3 is 19.9 Å². The van der Waals surface area contributed by atoms with Gasteiger partial charge in [0.1, 0.15) is 34.9 Å². The van der Waals surface area contributed by atoms with Crippen LogP contribution in [0.15, 0.2) is 58.3 Å². The lowest BCUT2D eigenvalue weighted by atomic mass is 9.93. The van der Waals surface area contributed by atoms with Gasteiger partial charge in [0.15, 0.2) is 0 Å². The topological polar surface area (TPSA) is 101 Å². The number of imidazole rings is 1. The minimum atomic E-state index is -0.461. The van der Waals surface area contributed by atoms with Gasteiger partial charge in [-0.05, 0) is 19.1 Å². The van der Waals surface area contributed by atoms with Gasteiger partial charge in [0, 0.05) is 5.56 Å². The predicted octanol–water partition coefficient (Wildman–Crippen LogP) is 3.20. The number of nitrogens with two attached hydrogens (primary N) is 1. The second kappa shape index (κ2) is 5.32. The van der Waals surface area contributed by atoms with Gasteiger partial charge in [0.05, 0.1) is 5.69 Å². The van der Waals surface area contributed by atoms with Crippen molar-refractivity contribution in [3.05, 3.63) is 71.1 Å². The Bertz CT molecular complexity index is 976. The highest BCUT2D eigenvalue weighted by molar-refractivity contribution is 5.59. The number of hydrogen-bond donors (Lipinski definition) is 2. The van der Waals surface area contributed by atoms with Gasteiger partial charge in [0.2, 0.25) is 11.8 Å². The molecule has 1 aliphatic heterocycles. The summed E-state index contributed by atoms with van der Waals surface area (Å²) in [5, 5.41) is 9.51. The monoisotopic (exact) mass is 318 g/mol. The molecule has 0 spiro atoms. The van der Waals surface area contributed by atoms with E-state index < -0.39 is 5.92 Å². The Labute approximate surface area is 138 Å². The van der Waals surface area contributed by atoms with Crippen molar-refractivity contribution in [2.75, 3.05) is 0 Å². The second-order valence-electron chi connectivity index (χ2n) is 5.54. The standard InChI is InChI=1S/C18H14N4O2/c1-10-7-8-13(23-10)14-12(9-19)16(20)24-18-15(14)21-17(22-18)11-5-3-2-4-6-11/h2-8,14H,20H2,1H3,(H,21,22)/t14-/m0/s1. The molecule has 6 heteroatoms. The molecule has 3 aromatic rings. The molecule has 1 aromatic carbocycles. The van der Waals surface area contributed by atoms with E-state index in [1.807, 2.05) is 49.4 Å². The summed E-state index contributed by atoms with van der Waals surface area (Å²) in [7, 11) is 0. The summed E-state index contributed by atoms with van der Waals surface area (Å²) in [6, 6.07) is 15.5. The fraction of sp³-hybridized carbons (Fsp3) is 0.111. The third-order valence-corrected chi connectivity index (χ3v) is 3.96. The van der Waals surface area contributed by atoms with Gasteiger partial charge in [-0.25, -0.2) is 0 Å². The van der Waals surface area contributed by atoms with E-state index in [0.29, 0.717) is 28.7 Å². The van der Waals surface area contributed by atoms with E-state index >= 15 is 0 Å². The Morgan fingerprint density at radius 1 is 1.21 bits per heavy atom. The Kier molecular flexibility index (Phi) is 3.14. The summed E-state index contributed by atoms with van der Waals surface area (Å²) in [5.41, 5.74) is 7.81. The Morgan fingerprint density at radius 2 is 2.00 bits per heavy atom. The quantitative estimate of drug-likeness (QED) is 0.755. The molecule has 118 valence electrons. The van der Waals surface area contributed by atoms with Crippen molar-refractivity contribution >= 4 is 0 Å². The number of aryl methyl sites for hydroxylation is 1. The average Bonchev–Trinajstić information content (AvgIpc) is 3.20. The molecule has 1 aliphatic rings. The van der Waals surface area contributed by atoms with Crippen LogP contribution in [0.3, 0.4) is 0 Å². The summed E-state index contributed by atoms with van der Waals surface area (Å²) >= 11 is 0. The third-order valence-electron chi connectivity index (χ3n) is 3.96. The van der Waals surface area contributed by atoms with Crippen LogP contribution >= 0.6 is 0 Å². The van der Waals surface area contributed by atoms with Crippen molar-refractivity contribution in [2.45, 2.75) is 12.8 Å². The first-order chi connectivity index (χ1) is 11.7. The first-order valence-corrected chi connectivity index (χ1v) is 7.46. The van der Waals surface area contributed by atoms with E-state index in [1.54, 1.807) is 0 Å².